The Hall–Kier alpha value is -1.86. The molecule has 0 radical (unpaired) electrons. The predicted molar refractivity (Wildman–Crippen MR) is 73.9 cm³/mol. The molecule has 0 atom stereocenters. The second kappa shape index (κ2) is 6.93. The monoisotopic (exact) mass is 316 g/mol. The maximum absolute atomic E-state index is 12.6. The summed E-state index contributed by atoms with van der Waals surface area (Å²) < 4.78 is 37.7. The zero-order chi connectivity index (χ0) is 16.2. The number of carbonyl (C=O) groups is 1. The Morgan fingerprint density at radius 3 is 2.73 bits per heavy atom. The molecule has 22 heavy (non-hydrogen) atoms. The van der Waals surface area contributed by atoms with Crippen LogP contribution >= 0.6 is 0 Å². The molecule has 0 spiro atoms. The van der Waals surface area contributed by atoms with E-state index in [-0.39, 0.29) is 18.4 Å². The van der Waals surface area contributed by atoms with Crippen LogP contribution in [0.2, 0.25) is 0 Å². The van der Waals surface area contributed by atoms with Gasteiger partial charge in [-0.2, -0.15) is 13.2 Å². The smallest absolute Gasteiger partial charge is 0.331 e. The molecule has 1 heterocycles. The second-order valence-electron chi connectivity index (χ2n) is 5.35. The Bertz CT molecular complexity index is 517. The Morgan fingerprint density at radius 2 is 2.18 bits per heavy atom. The number of nitrogens with one attached hydrogen (secondary N) is 1. The fourth-order valence-corrected chi connectivity index (χ4v) is 2.25. The van der Waals surface area contributed by atoms with Gasteiger partial charge in [-0.05, 0) is 31.7 Å². The van der Waals surface area contributed by atoms with Gasteiger partial charge < -0.3 is 10.2 Å². The molecule has 1 aromatic rings. The Morgan fingerprint density at radius 1 is 1.45 bits per heavy atom. The van der Waals surface area contributed by atoms with E-state index in [9.17, 15) is 18.0 Å². The number of nitrogens with zero attached hydrogens (tertiary/aromatic N) is 3. The standard InChI is InChI=1S/C14H19F3N4O/c1-2-21(9-10-4-3-5-10)13(22)19-8-12-18-7-6-11(20-12)14(15,16)17/h6-7,10H,2-5,8-9H2,1H3,(H,19,22). The summed E-state index contributed by atoms with van der Waals surface area (Å²) in [6.07, 6.45) is -0.0202. The number of urea groups is 1. The molecule has 1 aromatic heterocycles. The first-order chi connectivity index (χ1) is 10.4. The fraction of sp³-hybridized carbons (Fsp3) is 0.643. The first-order valence-corrected chi connectivity index (χ1v) is 7.32. The summed E-state index contributed by atoms with van der Waals surface area (Å²) >= 11 is 0. The number of hydrogen-bond acceptors (Lipinski definition) is 3. The number of amides is 2. The van der Waals surface area contributed by atoms with Crippen molar-refractivity contribution >= 4 is 6.03 Å². The maximum atomic E-state index is 12.6. The second-order valence-corrected chi connectivity index (χ2v) is 5.35. The summed E-state index contributed by atoms with van der Waals surface area (Å²) in [4.78, 5) is 20.9. The Kier molecular flexibility index (Phi) is 5.20. The van der Waals surface area contributed by atoms with Crippen molar-refractivity contribution in [1.82, 2.24) is 20.2 Å². The summed E-state index contributed by atoms with van der Waals surface area (Å²) in [6.45, 7) is 3.00. The molecule has 2 rings (SSSR count). The summed E-state index contributed by atoms with van der Waals surface area (Å²) in [5.74, 6) is 0.485. The summed E-state index contributed by atoms with van der Waals surface area (Å²) in [7, 11) is 0. The topological polar surface area (TPSA) is 58.1 Å². The lowest BCUT2D eigenvalue weighted by Gasteiger charge is -2.31. The van der Waals surface area contributed by atoms with Crippen LogP contribution in [0.5, 0.6) is 0 Å². The molecule has 1 aliphatic rings. The van der Waals surface area contributed by atoms with Crippen LogP contribution in [-0.2, 0) is 12.7 Å². The van der Waals surface area contributed by atoms with Gasteiger partial charge in [0, 0.05) is 19.3 Å². The largest absolute Gasteiger partial charge is 0.433 e. The van der Waals surface area contributed by atoms with Crippen molar-refractivity contribution in [3.63, 3.8) is 0 Å². The molecule has 8 heteroatoms. The molecular weight excluding hydrogens is 297 g/mol. The third kappa shape index (κ3) is 4.32. The molecule has 1 N–H and O–H groups in total. The number of alkyl halides is 3. The van der Waals surface area contributed by atoms with Crippen molar-refractivity contribution in [2.75, 3.05) is 13.1 Å². The van der Waals surface area contributed by atoms with Crippen LogP contribution in [0.25, 0.3) is 0 Å². The zero-order valence-electron chi connectivity index (χ0n) is 12.4. The number of carbonyl (C=O) groups excluding carboxylic acids is 1. The number of halogens is 3. The van der Waals surface area contributed by atoms with E-state index in [2.05, 4.69) is 15.3 Å². The van der Waals surface area contributed by atoms with E-state index in [1.807, 2.05) is 6.92 Å². The van der Waals surface area contributed by atoms with Gasteiger partial charge in [-0.1, -0.05) is 6.42 Å². The highest BCUT2D eigenvalue weighted by atomic mass is 19.4. The predicted octanol–water partition coefficient (Wildman–Crippen LogP) is 2.83. The lowest BCUT2D eigenvalue weighted by molar-refractivity contribution is -0.141. The van der Waals surface area contributed by atoms with Gasteiger partial charge in [0.2, 0.25) is 0 Å². The molecule has 0 bridgehead atoms. The number of aromatic nitrogens is 2. The molecule has 0 unspecified atom stereocenters. The van der Waals surface area contributed by atoms with Crippen molar-refractivity contribution < 1.29 is 18.0 Å². The van der Waals surface area contributed by atoms with Gasteiger partial charge in [0.05, 0.1) is 6.54 Å². The van der Waals surface area contributed by atoms with Crippen molar-refractivity contribution in [1.29, 1.82) is 0 Å². The van der Waals surface area contributed by atoms with E-state index in [0.717, 1.165) is 25.1 Å². The normalized spacial score (nSPS) is 15.3. The third-order valence-electron chi connectivity index (χ3n) is 3.77. The molecule has 1 aliphatic carbocycles. The van der Waals surface area contributed by atoms with E-state index in [0.29, 0.717) is 19.0 Å². The van der Waals surface area contributed by atoms with Gasteiger partial charge in [0.1, 0.15) is 11.5 Å². The fourth-order valence-electron chi connectivity index (χ4n) is 2.25. The minimum Gasteiger partial charge on any atom is -0.331 e. The van der Waals surface area contributed by atoms with Crippen LogP contribution in [-0.4, -0.2) is 34.0 Å². The van der Waals surface area contributed by atoms with Crippen molar-refractivity contribution in [2.24, 2.45) is 5.92 Å². The van der Waals surface area contributed by atoms with E-state index >= 15 is 0 Å². The minimum atomic E-state index is -4.51. The first-order valence-electron chi connectivity index (χ1n) is 7.32. The summed E-state index contributed by atoms with van der Waals surface area (Å²) in [5.41, 5.74) is -1.01. The highest BCUT2D eigenvalue weighted by Gasteiger charge is 2.32. The number of rotatable bonds is 5. The molecule has 2 amide bonds. The molecule has 122 valence electrons. The SMILES string of the molecule is CCN(CC1CCC1)C(=O)NCc1nccc(C(F)(F)F)n1. The van der Waals surface area contributed by atoms with Crippen LogP contribution in [0.15, 0.2) is 12.3 Å². The summed E-state index contributed by atoms with van der Waals surface area (Å²) in [5, 5.41) is 2.58. The highest BCUT2D eigenvalue weighted by molar-refractivity contribution is 5.74. The molecule has 5 nitrogen and oxygen atoms in total. The first kappa shape index (κ1) is 16.5. The highest BCUT2D eigenvalue weighted by Crippen LogP contribution is 2.27. The lowest BCUT2D eigenvalue weighted by Crippen LogP contribution is -2.43. The molecule has 1 fully saturated rings. The quantitative estimate of drug-likeness (QED) is 0.909. The van der Waals surface area contributed by atoms with Gasteiger partial charge in [-0.3, -0.25) is 0 Å². The average molecular weight is 316 g/mol. The summed E-state index contributed by atoms with van der Waals surface area (Å²) in [6, 6.07) is 0.510. The third-order valence-corrected chi connectivity index (χ3v) is 3.77. The van der Waals surface area contributed by atoms with Crippen LogP contribution in [0.1, 0.15) is 37.7 Å². The Balaban J connectivity index is 1.89. The molecular formula is C14H19F3N4O. The molecule has 0 aliphatic heterocycles. The van der Waals surface area contributed by atoms with Gasteiger partial charge in [-0.15, -0.1) is 0 Å². The average Bonchev–Trinajstić information content (AvgIpc) is 2.43. The van der Waals surface area contributed by atoms with Crippen molar-refractivity contribution in [2.45, 2.75) is 38.9 Å². The van der Waals surface area contributed by atoms with E-state index in [1.54, 1.807) is 4.90 Å². The van der Waals surface area contributed by atoms with Crippen LogP contribution in [0.4, 0.5) is 18.0 Å². The van der Waals surface area contributed by atoms with Crippen LogP contribution in [0, 0.1) is 5.92 Å². The molecule has 1 saturated carbocycles. The Labute approximate surface area is 126 Å². The minimum absolute atomic E-state index is 0.0529. The van der Waals surface area contributed by atoms with E-state index < -0.39 is 11.9 Å². The van der Waals surface area contributed by atoms with Crippen LogP contribution < -0.4 is 5.32 Å². The van der Waals surface area contributed by atoms with E-state index in [1.165, 1.54) is 6.42 Å². The lowest BCUT2D eigenvalue weighted by atomic mass is 9.85. The van der Waals surface area contributed by atoms with Crippen LogP contribution in [0.3, 0.4) is 0 Å². The van der Waals surface area contributed by atoms with Crippen molar-refractivity contribution in [3.05, 3.63) is 23.8 Å². The van der Waals surface area contributed by atoms with Gasteiger partial charge in [0.15, 0.2) is 0 Å². The molecule has 0 aromatic carbocycles. The maximum Gasteiger partial charge on any atom is 0.433 e. The van der Waals surface area contributed by atoms with Gasteiger partial charge in [-0.25, -0.2) is 14.8 Å². The van der Waals surface area contributed by atoms with Gasteiger partial charge >= 0.3 is 12.2 Å². The van der Waals surface area contributed by atoms with Gasteiger partial charge in [0.25, 0.3) is 0 Å². The zero-order valence-corrected chi connectivity index (χ0v) is 12.4. The van der Waals surface area contributed by atoms with E-state index in [4.69, 9.17) is 0 Å². The number of hydrogen-bond donors (Lipinski definition) is 1. The molecule has 0 saturated heterocycles. The van der Waals surface area contributed by atoms with Crippen molar-refractivity contribution in [3.8, 4) is 0 Å².